The van der Waals surface area contributed by atoms with Crippen LogP contribution in [0.25, 0.3) is 0 Å². The van der Waals surface area contributed by atoms with E-state index >= 15 is 0 Å². The van der Waals surface area contributed by atoms with Gasteiger partial charge in [0.25, 0.3) is 0 Å². The third kappa shape index (κ3) is 2.48. The Bertz CT molecular complexity index is 479. The molecule has 0 atom stereocenters. The van der Waals surface area contributed by atoms with Crippen LogP contribution in [0.3, 0.4) is 0 Å². The Morgan fingerprint density at radius 2 is 1.36 bits per heavy atom. The zero-order chi connectivity index (χ0) is 11.0. The summed E-state index contributed by atoms with van der Waals surface area (Å²) in [7, 11) is -6.87. The molecule has 0 unspecified atom stereocenters. The monoisotopic (exact) mass is 236 g/mol. The normalized spacial score (nSPS) is 12.7. The van der Waals surface area contributed by atoms with Gasteiger partial charge >= 0.3 is 0 Å². The summed E-state index contributed by atoms with van der Waals surface area (Å²) in [6.45, 7) is 0. The average Bonchev–Trinajstić information content (AvgIpc) is 2.01. The highest BCUT2D eigenvalue weighted by Crippen LogP contribution is 2.07. The van der Waals surface area contributed by atoms with Gasteiger partial charge in [0, 0.05) is 12.5 Å². The van der Waals surface area contributed by atoms with Crippen LogP contribution in [0, 0.1) is 0 Å². The van der Waals surface area contributed by atoms with E-state index in [4.69, 9.17) is 0 Å². The summed E-state index contributed by atoms with van der Waals surface area (Å²) in [6.07, 6.45) is 3.88. The maximum absolute atomic E-state index is 11.0. The largest absolute Gasteiger partial charge is 0.246 e. The maximum Gasteiger partial charge on any atom is 0.246 e. The minimum absolute atomic E-state index is 0.107. The molecule has 6 nitrogen and oxygen atoms in total. The molecular formula is C6H8N2O4S2. The molecule has 1 aromatic rings. The van der Waals surface area contributed by atoms with Crippen LogP contribution in [0.1, 0.15) is 0 Å². The molecule has 0 saturated carbocycles. The molecule has 0 radical (unpaired) electrons. The second-order valence-electron chi connectivity index (χ2n) is 2.75. The quantitative estimate of drug-likeness (QED) is 0.629. The van der Waals surface area contributed by atoms with Gasteiger partial charge in [0.1, 0.15) is 4.90 Å². The molecule has 0 N–H and O–H groups in total. The number of rotatable bonds is 2. The molecule has 0 aliphatic carbocycles. The first-order valence-electron chi connectivity index (χ1n) is 3.43. The van der Waals surface area contributed by atoms with Crippen LogP contribution in [0.5, 0.6) is 0 Å². The number of nitrogens with zero attached hydrogens (tertiary/aromatic N) is 2. The number of sulfone groups is 2. The van der Waals surface area contributed by atoms with E-state index in [9.17, 15) is 16.8 Å². The molecular weight excluding hydrogens is 228 g/mol. The van der Waals surface area contributed by atoms with Crippen molar-refractivity contribution in [2.45, 2.75) is 10.1 Å². The van der Waals surface area contributed by atoms with Crippen LogP contribution in [0.2, 0.25) is 0 Å². The van der Waals surface area contributed by atoms with Gasteiger partial charge in [0.15, 0.2) is 9.84 Å². The summed E-state index contributed by atoms with van der Waals surface area (Å²) < 4.78 is 43.8. The molecule has 0 amide bonds. The van der Waals surface area contributed by atoms with Crippen LogP contribution in [0.15, 0.2) is 22.4 Å². The highest BCUT2D eigenvalue weighted by molar-refractivity contribution is 7.91. The average molecular weight is 236 g/mol. The predicted molar refractivity (Wildman–Crippen MR) is 48.3 cm³/mol. The van der Waals surface area contributed by atoms with E-state index in [0.717, 1.165) is 24.9 Å². The summed E-state index contributed by atoms with van der Waals surface area (Å²) in [5.74, 6) is 0. The number of hydrogen-bond donors (Lipinski definition) is 0. The molecule has 8 heteroatoms. The predicted octanol–water partition coefficient (Wildman–Crippen LogP) is -0.716. The lowest BCUT2D eigenvalue weighted by Gasteiger charge is -1.98. The van der Waals surface area contributed by atoms with Crippen molar-refractivity contribution in [3.63, 3.8) is 0 Å². The van der Waals surface area contributed by atoms with E-state index < -0.39 is 19.7 Å². The van der Waals surface area contributed by atoms with E-state index in [0.29, 0.717) is 0 Å². The van der Waals surface area contributed by atoms with Crippen molar-refractivity contribution >= 4 is 19.7 Å². The lowest BCUT2D eigenvalue weighted by molar-refractivity contribution is 0.588. The third-order valence-electron chi connectivity index (χ3n) is 1.36. The maximum atomic E-state index is 11.0. The number of aromatic nitrogens is 2. The minimum Gasteiger partial charge on any atom is -0.225 e. The molecule has 1 rings (SSSR count). The molecule has 0 aliphatic heterocycles. The zero-order valence-electron chi connectivity index (χ0n) is 7.50. The topological polar surface area (TPSA) is 94.1 Å². The summed E-state index contributed by atoms with van der Waals surface area (Å²) in [5, 5.41) is -0.384. The summed E-state index contributed by atoms with van der Waals surface area (Å²) in [4.78, 5) is 6.77. The molecule has 0 fully saturated rings. The van der Waals surface area contributed by atoms with Gasteiger partial charge in [0.2, 0.25) is 15.0 Å². The highest BCUT2D eigenvalue weighted by atomic mass is 32.2. The van der Waals surface area contributed by atoms with E-state index in [1.165, 1.54) is 0 Å². The van der Waals surface area contributed by atoms with Crippen LogP contribution in [-0.2, 0) is 19.7 Å². The molecule has 0 spiro atoms. The van der Waals surface area contributed by atoms with Crippen LogP contribution in [-0.4, -0.2) is 39.3 Å². The lowest BCUT2D eigenvalue weighted by atomic mass is 10.7. The number of hydrogen-bond acceptors (Lipinski definition) is 6. The second-order valence-corrected chi connectivity index (χ2v) is 6.67. The Hall–Kier alpha value is -1.02. The van der Waals surface area contributed by atoms with E-state index in [1.54, 1.807) is 0 Å². The van der Waals surface area contributed by atoms with Gasteiger partial charge in [-0.2, -0.15) is 0 Å². The summed E-state index contributed by atoms with van der Waals surface area (Å²) >= 11 is 0. The van der Waals surface area contributed by atoms with E-state index in [1.807, 2.05) is 0 Å². The van der Waals surface area contributed by atoms with Crippen LogP contribution >= 0.6 is 0 Å². The highest BCUT2D eigenvalue weighted by Gasteiger charge is 2.13. The summed E-state index contributed by atoms with van der Waals surface area (Å²) in [6, 6.07) is 0. The molecule has 0 bridgehead atoms. The Labute approximate surface area is 81.9 Å². The van der Waals surface area contributed by atoms with Crippen LogP contribution < -0.4 is 0 Å². The van der Waals surface area contributed by atoms with E-state index in [2.05, 4.69) is 9.97 Å². The first-order valence-corrected chi connectivity index (χ1v) is 7.22. The van der Waals surface area contributed by atoms with Gasteiger partial charge < -0.3 is 0 Å². The Kier molecular flexibility index (Phi) is 2.59. The minimum atomic E-state index is -3.48. The van der Waals surface area contributed by atoms with Crippen molar-refractivity contribution in [2.24, 2.45) is 0 Å². The molecule has 0 aliphatic rings. The lowest BCUT2D eigenvalue weighted by Crippen LogP contribution is -2.06. The van der Waals surface area contributed by atoms with Gasteiger partial charge in [-0.3, -0.25) is 0 Å². The molecule has 0 aromatic carbocycles. The molecule has 1 aromatic heterocycles. The molecule has 78 valence electrons. The van der Waals surface area contributed by atoms with Crippen LogP contribution in [0.4, 0.5) is 0 Å². The van der Waals surface area contributed by atoms with Crippen molar-refractivity contribution in [3.05, 3.63) is 12.4 Å². The fourth-order valence-corrected chi connectivity index (χ4v) is 1.66. The van der Waals surface area contributed by atoms with Crippen molar-refractivity contribution in [1.82, 2.24) is 9.97 Å². The Balaban J connectivity index is 3.28. The summed E-state index contributed by atoms with van der Waals surface area (Å²) in [5.41, 5.74) is 0. The first-order chi connectivity index (χ1) is 6.21. The van der Waals surface area contributed by atoms with Gasteiger partial charge in [-0.15, -0.1) is 0 Å². The Morgan fingerprint density at radius 3 is 1.64 bits per heavy atom. The molecule has 1 heterocycles. The molecule has 0 saturated heterocycles. The van der Waals surface area contributed by atoms with Crippen molar-refractivity contribution < 1.29 is 16.8 Å². The van der Waals surface area contributed by atoms with Gasteiger partial charge in [-0.25, -0.2) is 26.8 Å². The third-order valence-corrected chi connectivity index (χ3v) is 3.31. The van der Waals surface area contributed by atoms with Gasteiger partial charge in [-0.05, 0) is 0 Å². The Morgan fingerprint density at radius 1 is 0.929 bits per heavy atom. The van der Waals surface area contributed by atoms with Crippen molar-refractivity contribution in [3.8, 4) is 0 Å². The van der Waals surface area contributed by atoms with Gasteiger partial charge in [0.05, 0.1) is 12.4 Å². The van der Waals surface area contributed by atoms with Crippen molar-refractivity contribution in [1.29, 1.82) is 0 Å². The first kappa shape index (κ1) is 11.1. The molecule has 14 heavy (non-hydrogen) atoms. The van der Waals surface area contributed by atoms with Gasteiger partial charge in [-0.1, -0.05) is 0 Å². The zero-order valence-corrected chi connectivity index (χ0v) is 9.13. The SMILES string of the molecule is CS(=O)(=O)c1cnc(S(C)(=O)=O)nc1. The van der Waals surface area contributed by atoms with Crippen molar-refractivity contribution in [2.75, 3.05) is 12.5 Å². The second kappa shape index (κ2) is 3.28. The smallest absolute Gasteiger partial charge is 0.225 e. The fraction of sp³-hybridized carbons (Fsp3) is 0.333. The fourth-order valence-electron chi connectivity index (χ4n) is 0.687. The van der Waals surface area contributed by atoms with E-state index in [-0.39, 0.29) is 10.1 Å². The standard InChI is InChI=1S/C6H8N2O4S2/c1-13(9,10)5-3-7-6(8-4-5)14(2,11)12/h3-4H,1-2H3.